The monoisotopic (exact) mass is 246 g/mol. The molecule has 1 fully saturated rings. The molecule has 0 spiro atoms. The summed E-state index contributed by atoms with van der Waals surface area (Å²) in [5, 5.41) is 0. The van der Waals surface area contributed by atoms with Crippen molar-refractivity contribution in [3.05, 3.63) is 35.9 Å². The molecular formula is C14H18N2O2. The minimum Gasteiger partial charge on any atom is -0.299 e. The summed E-state index contributed by atoms with van der Waals surface area (Å²) in [5.41, 5.74) is 1.31. The standard InChI is InChI=1S/C14H18N2O2/c17-11-16(12-18)10-14-6-7-15(9-14)8-13-4-2-1-3-5-13/h1-5,11-12,14H,6-10H2. The van der Waals surface area contributed by atoms with Crippen molar-refractivity contribution >= 4 is 12.8 Å². The summed E-state index contributed by atoms with van der Waals surface area (Å²) in [6.45, 7) is 3.47. The van der Waals surface area contributed by atoms with Gasteiger partial charge in [-0.25, -0.2) is 0 Å². The lowest BCUT2D eigenvalue weighted by Gasteiger charge is -2.17. The number of carbonyl (C=O) groups is 2. The second-order valence-electron chi connectivity index (χ2n) is 4.78. The largest absolute Gasteiger partial charge is 0.299 e. The van der Waals surface area contributed by atoms with Crippen LogP contribution in [0, 0.1) is 5.92 Å². The number of amides is 2. The van der Waals surface area contributed by atoms with Crippen molar-refractivity contribution in [1.82, 2.24) is 9.80 Å². The zero-order valence-corrected chi connectivity index (χ0v) is 10.4. The number of rotatable bonds is 6. The number of hydrogen-bond acceptors (Lipinski definition) is 3. The molecule has 0 bridgehead atoms. The quantitative estimate of drug-likeness (QED) is 0.706. The predicted octanol–water partition coefficient (Wildman–Crippen LogP) is 1.12. The molecule has 1 aliphatic rings. The van der Waals surface area contributed by atoms with Crippen LogP contribution < -0.4 is 0 Å². The SMILES string of the molecule is O=CN(C=O)CC1CCN(Cc2ccccc2)C1. The molecule has 1 aromatic carbocycles. The Kier molecular flexibility index (Phi) is 4.47. The molecule has 18 heavy (non-hydrogen) atoms. The van der Waals surface area contributed by atoms with Crippen LogP contribution in [0.15, 0.2) is 30.3 Å². The van der Waals surface area contributed by atoms with Gasteiger partial charge in [0.05, 0.1) is 0 Å². The third kappa shape index (κ3) is 3.40. The molecule has 1 saturated heterocycles. The maximum absolute atomic E-state index is 10.6. The molecule has 1 heterocycles. The smallest absolute Gasteiger partial charge is 0.216 e. The van der Waals surface area contributed by atoms with Gasteiger partial charge in [-0.3, -0.25) is 19.4 Å². The normalized spacial score (nSPS) is 19.7. The first-order valence-corrected chi connectivity index (χ1v) is 6.24. The highest BCUT2D eigenvalue weighted by molar-refractivity contribution is 5.68. The second-order valence-corrected chi connectivity index (χ2v) is 4.78. The van der Waals surface area contributed by atoms with E-state index in [1.165, 1.54) is 10.5 Å². The van der Waals surface area contributed by atoms with Gasteiger partial charge in [0.2, 0.25) is 12.8 Å². The lowest BCUT2D eigenvalue weighted by Crippen LogP contribution is -2.29. The summed E-state index contributed by atoms with van der Waals surface area (Å²) < 4.78 is 0. The fraction of sp³-hybridized carbons (Fsp3) is 0.429. The van der Waals surface area contributed by atoms with Gasteiger partial charge in [-0.1, -0.05) is 30.3 Å². The lowest BCUT2D eigenvalue weighted by molar-refractivity contribution is -0.129. The van der Waals surface area contributed by atoms with Gasteiger partial charge >= 0.3 is 0 Å². The summed E-state index contributed by atoms with van der Waals surface area (Å²) in [5.74, 6) is 0.407. The maximum atomic E-state index is 10.6. The topological polar surface area (TPSA) is 40.6 Å². The molecule has 1 aliphatic heterocycles. The molecule has 0 aliphatic carbocycles. The van der Waals surface area contributed by atoms with Crippen LogP contribution >= 0.6 is 0 Å². The van der Waals surface area contributed by atoms with Crippen LogP contribution in [-0.2, 0) is 16.1 Å². The van der Waals surface area contributed by atoms with Gasteiger partial charge < -0.3 is 0 Å². The Bertz CT molecular complexity index is 386. The Morgan fingerprint density at radius 3 is 2.61 bits per heavy atom. The van der Waals surface area contributed by atoms with Crippen molar-refractivity contribution < 1.29 is 9.59 Å². The van der Waals surface area contributed by atoms with Crippen molar-refractivity contribution in [2.75, 3.05) is 19.6 Å². The van der Waals surface area contributed by atoms with Gasteiger partial charge in [-0.15, -0.1) is 0 Å². The van der Waals surface area contributed by atoms with E-state index >= 15 is 0 Å². The van der Waals surface area contributed by atoms with E-state index < -0.39 is 0 Å². The van der Waals surface area contributed by atoms with Gasteiger partial charge in [0.25, 0.3) is 0 Å². The van der Waals surface area contributed by atoms with E-state index in [4.69, 9.17) is 0 Å². The summed E-state index contributed by atoms with van der Waals surface area (Å²) in [7, 11) is 0. The van der Waals surface area contributed by atoms with Gasteiger partial charge in [0.1, 0.15) is 0 Å². The highest BCUT2D eigenvalue weighted by Crippen LogP contribution is 2.19. The number of hydrogen-bond donors (Lipinski definition) is 0. The minimum atomic E-state index is 0.407. The van der Waals surface area contributed by atoms with Crippen molar-refractivity contribution in [1.29, 1.82) is 0 Å². The van der Waals surface area contributed by atoms with Crippen molar-refractivity contribution in [3.63, 3.8) is 0 Å². The first-order chi connectivity index (χ1) is 8.81. The van der Waals surface area contributed by atoms with Gasteiger partial charge in [0, 0.05) is 19.6 Å². The second kappa shape index (κ2) is 6.31. The fourth-order valence-electron chi connectivity index (χ4n) is 2.46. The highest BCUT2D eigenvalue weighted by atomic mass is 16.2. The Hall–Kier alpha value is -1.68. The molecular weight excluding hydrogens is 228 g/mol. The van der Waals surface area contributed by atoms with E-state index in [2.05, 4.69) is 17.0 Å². The van der Waals surface area contributed by atoms with Crippen LogP contribution in [0.5, 0.6) is 0 Å². The lowest BCUT2D eigenvalue weighted by atomic mass is 10.1. The van der Waals surface area contributed by atoms with Crippen molar-refractivity contribution in [2.24, 2.45) is 5.92 Å². The molecule has 1 unspecified atom stereocenters. The molecule has 0 radical (unpaired) electrons. The number of benzene rings is 1. The molecule has 0 saturated carbocycles. The molecule has 1 aromatic rings. The Morgan fingerprint density at radius 1 is 1.22 bits per heavy atom. The molecule has 2 amide bonds. The van der Waals surface area contributed by atoms with E-state index in [0.717, 1.165) is 26.1 Å². The Balaban J connectivity index is 1.81. The zero-order chi connectivity index (χ0) is 12.8. The zero-order valence-electron chi connectivity index (χ0n) is 10.4. The summed E-state index contributed by atoms with van der Waals surface area (Å²) in [6, 6.07) is 10.3. The van der Waals surface area contributed by atoms with Crippen LogP contribution in [0.2, 0.25) is 0 Å². The maximum Gasteiger partial charge on any atom is 0.216 e. The molecule has 4 nitrogen and oxygen atoms in total. The number of nitrogens with zero attached hydrogens (tertiary/aromatic N) is 2. The van der Waals surface area contributed by atoms with E-state index in [0.29, 0.717) is 25.3 Å². The third-order valence-electron chi connectivity index (χ3n) is 3.36. The van der Waals surface area contributed by atoms with Crippen LogP contribution in [-0.4, -0.2) is 42.3 Å². The first-order valence-electron chi connectivity index (χ1n) is 6.24. The van der Waals surface area contributed by atoms with E-state index in [1.54, 1.807) is 0 Å². The van der Waals surface area contributed by atoms with Crippen LogP contribution in [0.4, 0.5) is 0 Å². The van der Waals surface area contributed by atoms with Crippen LogP contribution in [0.25, 0.3) is 0 Å². The highest BCUT2D eigenvalue weighted by Gasteiger charge is 2.23. The average molecular weight is 246 g/mol. The molecule has 96 valence electrons. The fourth-order valence-corrected chi connectivity index (χ4v) is 2.46. The van der Waals surface area contributed by atoms with Gasteiger partial charge in [0.15, 0.2) is 0 Å². The van der Waals surface area contributed by atoms with E-state index in [9.17, 15) is 9.59 Å². The number of imide groups is 1. The average Bonchev–Trinajstić information content (AvgIpc) is 2.84. The Morgan fingerprint density at radius 2 is 1.94 bits per heavy atom. The number of carbonyl (C=O) groups excluding carboxylic acids is 2. The van der Waals surface area contributed by atoms with Crippen molar-refractivity contribution in [3.8, 4) is 0 Å². The van der Waals surface area contributed by atoms with Crippen LogP contribution in [0.1, 0.15) is 12.0 Å². The molecule has 1 atom stereocenters. The van der Waals surface area contributed by atoms with Crippen molar-refractivity contribution in [2.45, 2.75) is 13.0 Å². The summed E-state index contributed by atoms with van der Waals surface area (Å²) in [4.78, 5) is 24.7. The Labute approximate surface area is 107 Å². The molecule has 2 rings (SSSR count). The first kappa shape index (κ1) is 12.8. The molecule has 4 heteroatoms. The molecule has 0 N–H and O–H groups in total. The number of likely N-dealkylation sites (tertiary alicyclic amines) is 1. The summed E-state index contributed by atoms with van der Waals surface area (Å²) in [6.07, 6.45) is 2.25. The third-order valence-corrected chi connectivity index (χ3v) is 3.36. The van der Waals surface area contributed by atoms with Gasteiger partial charge in [-0.05, 0) is 24.4 Å². The van der Waals surface area contributed by atoms with Crippen LogP contribution in [0.3, 0.4) is 0 Å². The molecule has 0 aromatic heterocycles. The minimum absolute atomic E-state index is 0.407. The summed E-state index contributed by atoms with van der Waals surface area (Å²) >= 11 is 0. The van der Waals surface area contributed by atoms with E-state index in [-0.39, 0.29) is 0 Å². The van der Waals surface area contributed by atoms with E-state index in [1.807, 2.05) is 18.2 Å². The van der Waals surface area contributed by atoms with Gasteiger partial charge in [-0.2, -0.15) is 0 Å². The predicted molar refractivity (Wildman–Crippen MR) is 68.7 cm³/mol.